The van der Waals surface area contributed by atoms with Crippen molar-refractivity contribution >= 4 is 37.0 Å². The molecule has 2 nitrogen and oxygen atoms in total. The van der Waals surface area contributed by atoms with Crippen LogP contribution < -0.4 is 24.8 Å². The molecule has 0 unspecified atom stereocenters. The van der Waals surface area contributed by atoms with Crippen LogP contribution in [0.4, 0.5) is 0 Å². The number of benzene rings is 3. The van der Waals surface area contributed by atoms with Gasteiger partial charge < -0.3 is 35.3 Å². The average molecular weight is 621 g/mol. The summed E-state index contributed by atoms with van der Waals surface area (Å²) in [5, 5.41) is 5.39. The maximum atomic E-state index is 10.8. The zero-order valence-electron chi connectivity index (χ0n) is 17.6. The maximum Gasteiger partial charge on any atom is 4.00 e. The molecule has 0 saturated heterocycles. The van der Waals surface area contributed by atoms with Crippen molar-refractivity contribution in [2.75, 3.05) is 0 Å². The molecule has 0 atom stereocenters. The summed E-state index contributed by atoms with van der Waals surface area (Å²) >= 11 is 0. The van der Waals surface area contributed by atoms with E-state index >= 15 is 0 Å². The number of nitrogens with one attached hydrogen (secondary N) is 1. The van der Waals surface area contributed by atoms with E-state index in [-0.39, 0.29) is 50.7 Å². The zero-order chi connectivity index (χ0) is 19.8. The van der Waals surface area contributed by atoms with Crippen molar-refractivity contribution in [3.63, 3.8) is 0 Å². The first kappa shape index (κ1) is 30.9. The van der Waals surface area contributed by atoms with Crippen LogP contribution in [0.1, 0.15) is 21.5 Å². The summed E-state index contributed by atoms with van der Waals surface area (Å²) in [6, 6.07) is 24.8. The number of carbonyl (C=O) groups is 1. The largest absolute Gasteiger partial charge is 4.00 e. The van der Waals surface area contributed by atoms with Crippen molar-refractivity contribution in [1.29, 1.82) is 0 Å². The number of halogens is 2. The molecular formula is C24H25Cl2HfNOSi. The van der Waals surface area contributed by atoms with Crippen molar-refractivity contribution in [2.24, 2.45) is 0 Å². The molecule has 0 bridgehead atoms. The smallest absolute Gasteiger partial charge is 1.00 e. The van der Waals surface area contributed by atoms with Crippen LogP contribution in [-0.2, 0) is 25.8 Å². The number of rotatable bonds is 1. The van der Waals surface area contributed by atoms with Crippen molar-refractivity contribution in [3.8, 4) is 0 Å². The Hall–Kier alpha value is -1.33. The molecule has 0 aromatic heterocycles. The monoisotopic (exact) mass is 621 g/mol. The molecule has 1 amide bonds. The van der Waals surface area contributed by atoms with E-state index in [0.29, 0.717) is 5.56 Å². The molecule has 0 aliphatic rings. The molecule has 0 aliphatic carbocycles. The molecule has 2 radical (unpaired) electrons. The molecule has 1 N–H and O–H groups in total. The predicted molar refractivity (Wildman–Crippen MR) is 119 cm³/mol. The van der Waals surface area contributed by atoms with Gasteiger partial charge in [0.25, 0.3) is 0 Å². The SMILES string of the molecule is C[Si]C.Cc1cccc(C)c1C([NH-])=O.[Cl-].[Cl-].[Hf+4].c1ccc2c(c1)[cH-]c1ccccc12. The zero-order valence-corrected chi connectivity index (χ0v) is 23.7. The molecule has 4 aromatic carbocycles. The number of fused-ring (bicyclic) bond motifs is 3. The van der Waals surface area contributed by atoms with Crippen LogP contribution in [0.3, 0.4) is 0 Å². The van der Waals surface area contributed by atoms with Crippen molar-refractivity contribution in [1.82, 2.24) is 0 Å². The standard InChI is InChI=1S/C13H9.C9H11NO.C2H6Si.2ClH.Hf/c1-3-7-12-10(5-1)9-11-6-2-4-8-13(11)12;1-6-4-3-5-7(2)8(6)9(10)11;1-3-2;;;/h1-9H;3-5H,1-2H3,(H2,10,11);1-2H3;2*1H;/q-1;;;;;+4/p-3. The van der Waals surface area contributed by atoms with Gasteiger partial charge in [0.2, 0.25) is 0 Å². The summed E-state index contributed by atoms with van der Waals surface area (Å²) in [6.45, 7) is 7.99. The summed E-state index contributed by atoms with van der Waals surface area (Å²) < 4.78 is 0. The minimum atomic E-state index is -0.597. The van der Waals surface area contributed by atoms with E-state index in [0.717, 1.165) is 20.6 Å². The first-order valence-electron chi connectivity index (χ1n) is 8.93. The first-order valence-corrected chi connectivity index (χ1v) is 10.9. The van der Waals surface area contributed by atoms with E-state index in [4.69, 9.17) is 5.73 Å². The van der Waals surface area contributed by atoms with Gasteiger partial charge in [0.1, 0.15) is 0 Å². The van der Waals surface area contributed by atoms with Gasteiger partial charge in [-0.3, -0.25) is 0 Å². The van der Waals surface area contributed by atoms with Gasteiger partial charge in [-0.05, 0) is 25.0 Å². The number of carbonyl (C=O) groups excluding carboxylic acids is 1. The minimum absolute atomic E-state index is 0. The summed E-state index contributed by atoms with van der Waals surface area (Å²) in [6.07, 6.45) is 0. The van der Waals surface area contributed by atoms with E-state index in [1.807, 2.05) is 32.0 Å². The Morgan fingerprint density at radius 1 is 0.767 bits per heavy atom. The Morgan fingerprint density at radius 3 is 1.47 bits per heavy atom. The topological polar surface area (TPSA) is 40.9 Å². The quantitative estimate of drug-likeness (QED) is 0.231. The third-order valence-corrected chi connectivity index (χ3v) is 4.23. The molecule has 4 rings (SSSR count). The average Bonchev–Trinajstić information content (AvgIpc) is 3.01. The molecule has 0 fully saturated rings. The minimum Gasteiger partial charge on any atom is -1.00 e. The number of amides is 1. The van der Waals surface area contributed by atoms with Gasteiger partial charge in [0, 0.05) is 15.1 Å². The molecule has 0 heterocycles. The van der Waals surface area contributed by atoms with Crippen LogP contribution in [0.2, 0.25) is 13.1 Å². The fraction of sp³-hybridized carbons (Fsp3) is 0.167. The Balaban J connectivity index is 0. The van der Waals surface area contributed by atoms with E-state index in [2.05, 4.69) is 67.7 Å². The summed E-state index contributed by atoms with van der Waals surface area (Å²) in [7, 11) is 1.08. The van der Waals surface area contributed by atoms with Gasteiger partial charge in [-0.2, -0.15) is 0 Å². The molecule has 0 aliphatic heterocycles. The first-order chi connectivity index (χ1) is 13.0. The second-order valence-corrected chi connectivity index (χ2v) is 7.41. The van der Waals surface area contributed by atoms with Crippen molar-refractivity contribution in [3.05, 3.63) is 95.2 Å². The van der Waals surface area contributed by atoms with Gasteiger partial charge >= 0.3 is 25.8 Å². The van der Waals surface area contributed by atoms with Gasteiger partial charge in [0.15, 0.2) is 0 Å². The number of aryl methyl sites for hydroxylation is 2. The fourth-order valence-electron chi connectivity index (χ4n) is 3.08. The Morgan fingerprint density at radius 2 is 1.13 bits per heavy atom. The molecule has 154 valence electrons. The van der Waals surface area contributed by atoms with Gasteiger partial charge in [-0.15, -0.1) is 39.7 Å². The fourth-order valence-corrected chi connectivity index (χ4v) is 3.08. The van der Waals surface area contributed by atoms with E-state index < -0.39 is 5.91 Å². The summed E-state index contributed by atoms with van der Waals surface area (Å²) in [5.41, 5.74) is 9.26. The summed E-state index contributed by atoms with van der Waals surface area (Å²) in [5.74, 6) is -0.597. The van der Waals surface area contributed by atoms with Crippen molar-refractivity contribution in [2.45, 2.75) is 26.9 Å². The third-order valence-electron chi connectivity index (χ3n) is 4.23. The van der Waals surface area contributed by atoms with E-state index in [9.17, 15) is 4.79 Å². The predicted octanol–water partition coefficient (Wildman–Crippen LogP) is 1.00. The van der Waals surface area contributed by atoms with Crippen LogP contribution in [-0.4, -0.2) is 15.4 Å². The Bertz CT molecular complexity index is 979. The Kier molecular flexibility index (Phi) is 15.9. The van der Waals surface area contributed by atoms with Gasteiger partial charge in [0.05, 0.1) is 5.91 Å². The van der Waals surface area contributed by atoms with Crippen LogP contribution in [0.25, 0.3) is 27.3 Å². The Labute approximate surface area is 213 Å². The number of hydrogen-bond acceptors (Lipinski definition) is 1. The van der Waals surface area contributed by atoms with Crippen molar-refractivity contribution < 1.29 is 55.5 Å². The van der Waals surface area contributed by atoms with Gasteiger partial charge in [-0.1, -0.05) is 67.7 Å². The maximum absolute atomic E-state index is 10.8. The normalized spacial score (nSPS) is 8.93. The van der Waals surface area contributed by atoms with E-state index in [1.54, 1.807) is 0 Å². The molecule has 6 heteroatoms. The molecule has 0 saturated carbocycles. The van der Waals surface area contributed by atoms with Gasteiger partial charge in [-0.25, -0.2) is 0 Å². The summed E-state index contributed by atoms with van der Waals surface area (Å²) in [4.78, 5) is 10.8. The van der Waals surface area contributed by atoms with Crippen LogP contribution in [0.15, 0.2) is 72.8 Å². The molecular weight excluding hydrogens is 596 g/mol. The second-order valence-electron chi connectivity index (χ2n) is 6.41. The number of hydrogen-bond donors (Lipinski definition) is 0. The molecule has 0 spiro atoms. The molecule has 4 aromatic rings. The second kappa shape index (κ2) is 15.5. The van der Waals surface area contributed by atoms with E-state index in [1.165, 1.54) is 21.5 Å². The third kappa shape index (κ3) is 8.07. The molecule has 30 heavy (non-hydrogen) atoms. The van der Waals surface area contributed by atoms with Crippen LogP contribution in [0, 0.1) is 13.8 Å². The van der Waals surface area contributed by atoms with Crippen LogP contribution >= 0.6 is 0 Å². The van der Waals surface area contributed by atoms with Crippen LogP contribution in [0.5, 0.6) is 0 Å².